The molecule has 18 heavy (non-hydrogen) atoms. The van der Waals surface area contributed by atoms with Gasteiger partial charge in [-0.15, -0.1) is 11.6 Å². The summed E-state index contributed by atoms with van der Waals surface area (Å²) in [5, 5.41) is 0. The molecule has 4 heteroatoms. The zero-order valence-corrected chi connectivity index (χ0v) is 12.4. The molecule has 104 valence electrons. The molecule has 0 aromatic carbocycles. The number of rotatable bonds is 2. The summed E-state index contributed by atoms with van der Waals surface area (Å²) >= 11 is 5.91. The monoisotopic (exact) mass is 273 g/mol. The van der Waals surface area contributed by atoms with Gasteiger partial charge in [-0.1, -0.05) is 19.8 Å². The first kappa shape index (κ1) is 14.1. The molecule has 2 fully saturated rings. The van der Waals surface area contributed by atoms with Crippen molar-refractivity contribution in [3.63, 3.8) is 0 Å². The van der Waals surface area contributed by atoms with Gasteiger partial charge in [0.05, 0.1) is 17.6 Å². The molecular formula is C14H24ClNO2. The second kappa shape index (κ2) is 5.01. The molecule has 2 rings (SSSR count). The lowest BCUT2D eigenvalue weighted by atomic mass is 9.86. The number of ether oxygens (including phenoxy) is 1. The van der Waals surface area contributed by atoms with Crippen molar-refractivity contribution in [1.29, 1.82) is 0 Å². The fourth-order valence-corrected chi connectivity index (χ4v) is 3.44. The average molecular weight is 274 g/mol. The Hall–Kier alpha value is -0.280. The number of morpholine rings is 1. The van der Waals surface area contributed by atoms with Crippen LogP contribution in [0.3, 0.4) is 0 Å². The first-order chi connectivity index (χ1) is 8.36. The molecule has 1 amide bonds. The Morgan fingerprint density at radius 1 is 1.33 bits per heavy atom. The minimum Gasteiger partial charge on any atom is -0.367 e. The van der Waals surface area contributed by atoms with E-state index in [9.17, 15) is 4.79 Å². The van der Waals surface area contributed by atoms with Gasteiger partial charge >= 0.3 is 0 Å². The van der Waals surface area contributed by atoms with Crippen LogP contribution in [0.1, 0.15) is 46.5 Å². The molecule has 3 nitrogen and oxygen atoms in total. The van der Waals surface area contributed by atoms with E-state index in [1.807, 2.05) is 18.7 Å². The van der Waals surface area contributed by atoms with Crippen LogP contribution in [0.25, 0.3) is 0 Å². The molecule has 1 atom stereocenters. The maximum Gasteiger partial charge on any atom is 0.228 e. The van der Waals surface area contributed by atoms with Gasteiger partial charge in [0.25, 0.3) is 0 Å². The van der Waals surface area contributed by atoms with Crippen LogP contribution in [0.5, 0.6) is 0 Å². The van der Waals surface area contributed by atoms with Crippen molar-refractivity contribution in [3.8, 4) is 0 Å². The molecule has 2 aliphatic rings. The van der Waals surface area contributed by atoms with Gasteiger partial charge in [-0.05, 0) is 26.7 Å². The van der Waals surface area contributed by atoms with Crippen LogP contribution in [0.2, 0.25) is 0 Å². The van der Waals surface area contributed by atoms with E-state index in [1.165, 1.54) is 12.8 Å². The smallest absolute Gasteiger partial charge is 0.228 e. The second-order valence-corrected chi connectivity index (χ2v) is 6.92. The molecular weight excluding hydrogens is 250 g/mol. The number of halogens is 1. The van der Waals surface area contributed by atoms with Crippen LogP contribution in [0.15, 0.2) is 0 Å². The van der Waals surface area contributed by atoms with E-state index in [0.29, 0.717) is 24.9 Å². The molecule has 1 saturated heterocycles. The Labute approximate surface area is 115 Å². The van der Waals surface area contributed by atoms with E-state index < -0.39 is 0 Å². The van der Waals surface area contributed by atoms with Gasteiger partial charge in [0.1, 0.15) is 0 Å². The highest BCUT2D eigenvalue weighted by Crippen LogP contribution is 2.40. The summed E-state index contributed by atoms with van der Waals surface area (Å²) in [7, 11) is 0. The number of hydrogen-bond donors (Lipinski definition) is 0. The fraction of sp³-hybridized carbons (Fsp3) is 0.929. The summed E-state index contributed by atoms with van der Waals surface area (Å²) < 4.78 is 5.87. The first-order valence-electron chi connectivity index (χ1n) is 6.89. The van der Waals surface area contributed by atoms with Gasteiger partial charge in [-0.25, -0.2) is 0 Å². The van der Waals surface area contributed by atoms with Crippen molar-refractivity contribution in [2.24, 2.45) is 5.41 Å². The van der Waals surface area contributed by atoms with Crippen molar-refractivity contribution in [2.75, 3.05) is 19.0 Å². The lowest BCUT2D eigenvalue weighted by Gasteiger charge is -2.44. The molecule has 0 N–H and O–H groups in total. The van der Waals surface area contributed by atoms with Crippen LogP contribution in [0, 0.1) is 5.41 Å². The molecule has 0 bridgehead atoms. The lowest BCUT2D eigenvalue weighted by Crippen LogP contribution is -2.57. The standard InChI is InChI=1S/C14H24ClNO2/c1-13(2)10-16(9-11(8-15)18-13)12(17)14(3)6-4-5-7-14/h11H,4-10H2,1-3H3. The van der Waals surface area contributed by atoms with Crippen molar-refractivity contribution in [2.45, 2.75) is 58.2 Å². The first-order valence-corrected chi connectivity index (χ1v) is 7.43. The highest BCUT2D eigenvalue weighted by Gasteiger charge is 2.43. The third-order valence-electron chi connectivity index (χ3n) is 4.16. The summed E-state index contributed by atoms with van der Waals surface area (Å²) in [6.07, 6.45) is 4.36. The minimum absolute atomic E-state index is 0.0376. The van der Waals surface area contributed by atoms with Gasteiger partial charge in [-0.2, -0.15) is 0 Å². The largest absolute Gasteiger partial charge is 0.367 e. The predicted molar refractivity (Wildman–Crippen MR) is 72.8 cm³/mol. The minimum atomic E-state index is -0.289. The normalized spacial score (nSPS) is 30.4. The summed E-state index contributed by atoms with van der Waals surface area (Å²) in [4.78, 5) is 14.7. The second-order valence-electron chi connectivity index (χ2n) is 6.61. The number of amides is 1. The summed E-state index contributed by atoms with van der Waals surface area (Å²) in [5.74, 6) is 0.746. The number of nitrogens with zero attached hydrogens (tertiary/aromatic N) is 1. The molecule has 0 aromatic rings. The quantitative estimate of drug-likeness (QED) is 0.724. The average Bonchev–Trinajstić information content (AvgIpc) is 2.74. The van der Waals surface area contributed by atoms with Crippen LogP contribution in [-0.4, -0.2) is 41.5 Å². The SMILES string of the molecule is CC1(C)CN(C(=O)C2(C)CCCC2)CC(CCl)O1. The highest BCUT2D eigenvalue weighted by atomic mass is 35.5. The summed E-state index contributed by atoms with van der Waals surface area (Å²) in [6, 6.07) is 0. The van der Waals surface area contributed by atoms with E-state index in [0.717, 1.165) is 12.8 Å². The number of alkyl halides is 1. The fourth-order valence-electron chi connectivity index (χ4n) is 3.28. The van der Waals surface area contributed by atoms with E-state index in [1.54, 1.807) is 0 Å². The van der Waals surface area contributed by atoms with Gasteiger partial charge in [0, 0.05) is 18.5 Å². The van der Waals surface area contributed by atoms with E-state index in [2.05, 4.69) is 6.92 Å². The molecule has 1 unspecified atom stereocenters. The molecule has 1 aliphatic carbocycles. The van der Waals surface area contributed by atoms with Crippen LogP contribution in [0.4, 0.5) is 0 Å². The topological polar surface area (TPSA) is 29.5 Å². The van der Waals surface area contributed by atoms with Gasteiger partial charge in [0.15, 0.2) is 0 Å². The van der Waals surface area contributed by atoms with Crippen molar-refractivity contribution < 1.29 is 9.53 Å². The maximum atomic E-state index is 12.7. The predicted octanol–water partition coefficient (Wildman–Crippen LogP) is 2.81. The van der Waals surface area contributed by atoms with Crippen molar-refractivity contribution >= 4 is 17.5 Å². The summed E-state index contributed by atoms with van der Waals surface area (Å²) in [6.45, 7) is 7.49. The van der Waals surface area contributed by atoms with Crippen molar-refractivity contribution in [1.82, 2.24) is 4.90 Å². The summed E-state index contributed by atoms with van der Waals surface area (Å²) in [5.41, 5.74) is -0.438. The number of hydrogen-bond acceptors (Lipinski definition) is 2. The molecule has 1 saturated carbocycles. The molecule has 0 radical (unpaired) electrons. The van der Waals surface area contributed by atoms with Crippen LogP contribution in [-0.2, 0) is 9.53 Å². The Kier molecular flexibility index (Phi) is 3.93. The Morgan fingerprint density at radius 3 is 2.50 bits per heavy atom. The van der Waals surface area contributed by atoms with Crippen LogP contribution < -0.4 is 0 Å². The highest BCUT2D eigenvalue weighted by molar-refractivity contribution is 6.18. The maximum absolute atomic E-state index is 12.7. The molecule has 0 aromatic heterocycles. The van der Waals surface area contributed by atoms with Crippen LogP contribution >= 0.6 is 11.6 Å². The number of carbonyl (C=O) groups is 1. The van der Waals surface area contributed by atoms with E-state index in [4.69, 9.17) is 16.3 Å². The van der Waals surface area contributed by atoms with Gasteiger partial charge in [-0.3, -0.25) is 4.79 Å². The van der Waals surface area contributed by atoms with Crippen molar-refractivity contribution in [3.05, 3.63) is 0 Å². The number of carbonyl (C=O) groups excluding carboxylic acids is 1. The Balaban J connectivity index is 2.09. The lowest BCUT2D eigenvalue weighted by molar-refractivity contribution is -0.165. The molecule has 1 aliphatic heterocycles. The van der Waals surface area contributed by atoms with E-state index >= 15 is 0 Å². The Bertz CT molecular complexity index is 324. The Morgan fingerprint density at radius 2 is 1.94 bits per heavy atom. The van der Waals surface area contributed by atoms with E-state index in [-0.39, 0.29) is 17.1 Å². The zero-order valence-electron chi connectivity index (χ0n) is 11.7. The third kappa shape index (κ3) is 2.83. The van der Waals surface area contributed by atoms with Gasteiger partial charge in [0.2, 0.25) is 5.91 Å². The molecule has 1 heterocycles. The third-order valence-corrected chi connectivity index (χ3v) is 4.51. The molecule has 0 spiro atoms. The van der Waals surface area contributed by atoms with Gasteiger partial charge < -0.3 is 9.64 Å². The zero-order chi connectivity index (χ0) is 13.4.